The highest BCUT2D eigenvalue weighted by atomic mass is 15.3. The van der Waals surface area contributed by atoms with Crippen molar-refractivity contribution in [3.8, 4) is 0 Å². The highest BCUT2D eigenvalue weighted by Crippen LogP contribution is 2.25. The van der Waals surface area contributed by atoms with Gasteiger partial charge in [0.2, 0.25) is 0 Å². The molecule has 0 atom stereocenters. The smallest absolute Gasteiger partial charge is 0.0752 e. The Hall–Kier alpha value is -0.990. The van der Waals surface area contributed by atoms with Crippen LogP contribution in [0.15, 0.2) is 12.4 Å². The molecule has 0 unspecified atom stereocenters. The Labute approximate surface area is 85.7 Å². The van der Waals surface area contributed by atoms with Crippen molar-refractivity contribution in [2.75, 3.05) is 11.9 Å². The number of nitrogens with zero attached hydrogens (tertiary/aromatic N) is 3. The Balaban J connectivity index is 2.03. The predicted molar refractivity (Wildman–Crippen MR) is 58.5 cm³/mol. The van der Waals surface area contributed by atoms with Crippen LogP contribution in [-0.2, 0) is 7.05 Å². The summed E-state index contributed by atoms with van der Waals surface area (Å²) in [6, 6.07) is 0.730. The van der Waals surface area contributed by atoms with Crippen LogP contribution in [0.4, 0.5) is 5.69 Å². The SMILES string of the molecule is CN(c1cnn(C)c1)C1CCCCC1. The van der Waals surface area contributed by atoms with Gasteiger partial charge in [-0.2, -0.15) is 5.10 Å². The van der Waals surface area contributed by atoms with Crippen LogP contribution in [0.3, 0.4) is 0 Å². The maximum atomic E-state index is 4.21. The molecular formula is C11H19N3. The van der Waals surface area contributed by atoms with E-state index in [-0.39, 0.29) is 0 Å². The molecule has 14 heavy (non-hydrogen) atoms. The van der Waals surface area contributed by atoms with E-state index in [0.29, 0.717) is 0 Å². The lowest BCUT2D eigenvalue weighted by Gasteiger charge is -2.31. The first-order valence-corrected chi connectivity index (χ1v) is 5.49. The normalized spacial score (nSPS) is 18.4. The van der Waals surface area contributed by atoms with Gasteiger partial charge >= 0.3 is 0 Å². The first-order chi connectivity index (χ1) is 6.77. The summed E-state index contributed by atoms with van der Waals surface area (Å²) in [5, 5.41) is 4.21. The predicted octanol–water partition coefficient (Wildman–Crippen LogP) is 2.19. The fourth-order valence-corrected chi connectivity index (χ4v) is 2.27. The molecule has 1 aliphatic carbocycles. The van der Waals surface area contributed by atoms with Crippen LogP contribution < -0.4 is 4.90 Å². The lowest BCUT2D eigenvalue weighted by atomic mass is 9.94. The molecule has 0 radical (unpaired) electrons. The third-order valence-corrected chi connectivity index (χ3v) is 3.22. The van der Waals surface area contributed by atoms with Crippen molar-refractivity contribution >= 4 is 5.69 Å². The molecule has 0 spiro atoms. The van der Waals surface area contributed by atoms with Crippen molar-refractivity contribution in [3.05, 3.63) is 12.4 Å². The van der Waals surface area contributed by atoms with Crippen molar-refractivity contribution < 1.29 is 0 Å². The first-order valence-electron chi connectivity index (χ1n) is 5.49. The van der Waals surface area contributed by atoms with E-state index in [1.807, 2.05) is 17.9 Å². The zero-order valence-corrected chi connectivity index (χ0v) is 9.11. The number of hydrogen-bond acceptors (Lipinski definition) is 2. The van der Waals surface area contributed by atoms with Gasteiger partial charge in [0, 0.05) is 26.3 Å². The minimum atomic E-state index is 0.730. The molecule has 0 saturated heterocycles. The molecule has 0 aliphatic heterocycles. The second kappa shape index (κ2) is 4.03. The van der Waals surface area contributed by atoms with Crippen molar-refractivity contribution in [2.45, 2.75) is 38.1 Å². The van der Waals surface area contributed by atoms with E-state index in [1.54, 1.807) is 0 Å². The molecule has 1 heterocycles. The summed E-state index contributed by atoms with van der Waals surface area (Å²) in [5.41, 5.74) is 1.25. The summed E-state index contributed by atoms with van der Waals surface area (Å²) in [5.74, 6) is 0. The lowest BCUT2D eigenvalue weighted by Crippen LogP contribution is -2.32. The standard InChI is InChI=1S/C11H19N3/c1-13-9-11(8-12-13)14(2)10-6-4-3-5-7-10/h8-10H,3-7H2,1-2H3. The zero-order chi connectivity index (χ0) is 9.97. The summed E-state index contributed by atoms with van der Waals surface area (Å²) >= 11 is 0. The van der Waals surface area contributed by atoms with E-state index >= 15 is 0 Å². The molecule has 0 N–H and O–H groups in total. The number of aryl methyl sites for hydroxylation is 1. The largest absolute Gasteiger partial charge is 0.369 e. The Morgan fingerprint density at radius 3 is 2.64 bits per heavy atom. The minimum Gasteiger partial charge on any atom is -0.369 e. The molecule has 1 saturated carbocycles. The molecule has 3 heteroatoms. The third-order valence-electron chi connectivity index (χ3n) is 3.22. The molecular weight excluding hydrogens is 174 g/mol. The number of aromatic nitrogens is 2. The van der Waals surface area contributed by atoms with E-state index in [0.717, 1.165) is 6.04 Å². The van der Waals surface area contributed by atoms with E-state index in [9.17, 15) is 0 Å². The quantitative estimate of drug-likeness (QED) is 0.718. The molecule has 1 fully saturated rings. The third kappa shape index (κ3) is 1.91. The Morgan fingerprint density at radius 2 is 2.07 bits per heavy atom. The van der Waals surface area contributed by atoms with Crippen molar-refractivity contribution in [1.82, 2.24) is 9.78 Å². The highest BCUT2D eigenvalue weighted by molar-refractivity contribution is 5.42. The van der Waals surface area contributed by atoms with E-state index in [4.69, 9.17) is 0 Å². The van der Waals surface area contributed by atoms with Crippen molar-refractivity contribution in [2.24, 2.45) is 7.05 Å². The van der Waals surface area contributed by atoms with Crippen LogP contribution >= 0.6 is 0 Å². The van der Waals surface area contributed by atoms with Gasteiger partial charge in [0.25, 0.3) is 0 Å². The van der Waals surface area contributed by atoms with Crippen LogP contribution in [0.2, 0.25) is 0 Å². The Bertz CT molecular complexity index is 286. The average Bonchev–Trinajstić information content (AvgIpc) is 2.65. The lowest BCUT2D eigenvalue weighted by molar-refractivity contribution is 0.427. The summed E-state index contributed by atoms with van der Waals surface area (Å²) in [7, 11) is 4.16. The fourth-order valence-electron chi connectivity index (χ4n) is 2.27. The average molecular weight is 193 g/mol. The number of hydrogen-bond donors (Lipinski definition) is 0. The highest BCUT2D eigenvalue weighted by Gasteiger charge is 2.18. The van der Waals surface area contributed by atoms with Gasteiger partial charge in [-0.15, -0.1) is 0 Å². The van der Waals surface area contributed by atoms with Gasteiger partial charge < -0.3 is 4.90 Å². The summed E-state index contributed by atoms with van der Waals surface area (Å²) in [6.45, 7) is 0. The second-order valence-electron chi connectivity index (χ2n) is 4.27. The van der Waals surface area contributed by atoms with Gasteiger partial charge in [0.15, 0.2) is 0 Å². The maximum absolute atomic E-state index is 4.21. The number of rotatable bonds is 2. The van der Waals surface area contributed by atoms with E-state index < -0.39 is 0 Å². The molecule has 0 aromatic carbocycles. The molecule has 0 bridgehead atoms. The molecule has 3 nitrogen and oxygen atoms in total. The van der Waals surface area contributed by atoms with Crippen LogP contribution in [-0.4, -0.2) is 22.9 Å². The molecule has 1 aromatic rings. The van der Waals surface area contributed by atoms with Gasteiger partial charge in [0.1, 0.15) is 0 Å². The summed E-state index contributed by atoms with van der Waals surface area (Å²) < 4.78 is 1.87. The molecule has 0 amide bonds. The second-order valence-corrected chi connectivity index (χ2v) is 4.27. The van der Waals surface area contributed by atoms with E-state index in [2.05, 4.69) is 23.2 Å². The molecule has 1 aliphatic rings. The topological polar surface area (TPSA) is 21.1 Å². The van der Waals surface area contributed by atoms with Gasteiger partial charge in [-0.3, -0.25) is 4.68 Å². The fraction of sp³-hybridized carbons (Fsp3) is 0.727. The van der Waals surface area contributed by atoms with Crippen LogP contribution in [0, 0.1) is 0 Å². The van der Waals surface area contributed by atoms with Crippen molar-refractivity contribution in [3.63, 3.8) is 0 Å². The summed E-state index contributed by atoms with van der Waals surface area (Å²) in [6.07, 6.45) is 10.9. The molecule has 2 rings (SSSR count). The Kier molecular flexibility index (Phi) is 2.75. The van der Waals surface area contributed by atoms with Gasteiger partial charge in [-0.25, -0.2) is 0 Å². The van der Waals surface area contributed by atoms with Crippen LogP contribution in [0.5, 0.6) is 0 Å². The first kappa shape index (κ1) is 9.56. The van der Waals surface area contributed by atoms with Gasteiger partial charge in [-0.1, -0.05) is 19.3 Å². The zero-order valence-electron chi connectivity index (χ0n) is 9.11. The van der Waals surface area contributed by atoms with Gasteiger partial charge in [0.05, 0.1) is 11.9 Å². The summed E-state index contributed by atoms with van der Waals surface area (Å²) in [4.78, 5) is 2.38. The van der Waals surface area contributed by atoms with Crippen LogP contribution in [0.1, 0.15) is 32.1 Å². The molecule has 78 valence electrons. The van der Waals surface area contributed by atoms with Gasteiger partial charge in [-0.05, 0) is 12.8 Å². The minimum absolute atomic E-state index is 0.730. The number of anilines is 1. The Morgan fingerprint density at radius 1 is 1.36 bits per heavy atom. The van der Waals surface area contributed by atoms with E-state index in [1.165, 1.54) is 37.8 Å². The van der Waals surface area contributed by atoms with Crippen molar-refractivity contribution in [1.29, 1.82) is 0 Å². The van der Waals surface area contributed by atoms with Crippen LogP contribution in [0.25, 0.3) is 0 Å². The maximum Gasteiger partial charge on any atom is 0.0752 e. The molecule has 1 aromatic heterocycles. The monoisotopic (exact) mass is 193 g/mol.